The van der Waals surface area contributed by atoms with Crippen molar-refractivity contribution in [2.24, 2.45) is 0 Å². The molecular weight excluding hydrogens is 241 g/mol. The van der Waals surface area contributed by atoms with Crippen molar-refractivity contribution in [1.82, 2.24) is 0 Å². The van der Waals surface area contributed by atoms with E-state index < -0.39 is 0 Å². The predicted molar refractivity (Wildman–Crippen MR) is 81.3 cm³/mol. The molecule has 0 bridgehead atoms. The summed E-state index contributed by atoms with van der Waals surface area (Å²) in [6.45, 7) is 3.41. The number of nitrogens with one attached hydrogen (secondary N) is 1. The van der Waals surface area contributed by atoms with Crippen LogP contribution in [-0.4, -0.2) is 32.1 Å². The normalized spacial score (nSPS) is 15.9. The van der Waals surface area contributed by atoms with Gasteiger partial charge in [0.05, 0.1) is 7.11 Å². The molecule has 1 aliphatic carbocycles. The molecule has 2 rings (SSSR count). The third-order valence-corrected chi connectivity index (χ3v) is 5.41. The third kappa shape index (κ3) is 3.61. The van der Waals surface area contributed by atoms with Crippen LogP contribution in [0.2, 0.25) is 0 Å². The zero-order valence-corrected chi connectivity index (χ0v) is 11.9. The SMILES string of the molecule is COc1ccc(NCCP(C)C2C=CC=C2)cc1. The van der Waals surface area contributed by atoms with E-state index in [1.165, 1.54) is 6.16 Å². The minimum absolute atomic E-state index is 0.0519. The van der Waals surface area contributed by atoms with Gasteiger partial charge in [-0.3, -0.25) is 0 Å². The smallest absolute Gasteiger partial charge is 0.119 e. The highest BCUT2D eigenvalue weighted by molar-refractivity contribution is 7.58. The second-order valence-electron chi connectivity index (χ2n) is 4.40. The minimum atomic E-state index is 0.0519. The molecule has 0 heterocycles. The zero-order chi connectivity index (χ0) is 12.8. The van der Waals surface area contributed by atoms with E-state index in [9.17, 15) is 0 Å². The van der Waals surface area contributed by atoms with Crippen molar-refractivity contribution in [2.45, 2.75) is 5.66 Å². The molecule has 0 saturated heterocycles. The highest BCUT2D eigenvalue weighted by Gasteiger charge is 2.11. The molecule has 1 aromatic carbocycles. The maximum atomic E-state index is 5.14. The fourth-order valence-electron chi connectivity index (χ4n) is 1.95. The van der Waals surface area contributed by atoms with Gasteiger partial charge in [0.2, 0.25) is 0 Å². The standard InChI is InChI=1S/C15H20NOP/c1-17-14-9-7-13(8-10-14)16-11-12-18(2)15-5-3-4-6-15/h3-10,15-16H,11-12H2,1-2H3. The largest absolute Gasteiger partial charge is 0.497 e. The van der Waals surface area contributed by atoms with Crippen LogP contribution in [0.1, 0.15) is 0 Å². The maximum Gasteiger partial charge on any atom is 0.119 e. The number of allylic oxidation sites excluding steroid dienone is 4. The number of hydrogen-bond donors (Lipinski definition) is 1. The molecule has 96 valence electrons. The van der Waals surface area contributed by atoms with E-state index >= 15 is 0 Å². The molecule has 1 N–H and O–H groups in total. The molecule has 3 heteroatoms. The average molecular weight is 261 g/mol. The number of hydrogen-bond acceptors (Lipinski definition) is 2. The molecule has 0 spiro atoms. The van der Waals surface area contributed by atoms with E-state index in [0.29, 0.717) is 5.66 Å². The predicted octanol–water partition coefficient (Wildman–Crippen LogP) is 3.71. The van der Waals surface area contributed by atoms with Gasteiger partial charge in [-0.15, -0.1) is 0 Å². The van der Waals surface area contributed by atoms with Crippen LogP contribution in [0.3, 0.4) is 0 Å². The average Bonchev–Trinajstić information content (AvgIpc) is 2.93. The van der Waals surface area contributed by atoms with Gasteiger partial charge in [0, 0.05) is 17.9 Å². The fraction of sp³-hybridized carbons (Fsp3) is 0.333. The highest BCUT2D eigenvalue weighted by Crippen LogP contribution is 2.39. The molecule has 0 aromatic heterocycles. The van der Waals surface area contributed by atoms with Gasteiger partial charge in [0.1, 0.15) is 5.75 Å². The number of methoxy groups -OCH3 is 1. The van der Waals surface area contributed by atoms with Crippen molar-refractivity contribution in [3.05, 3.63) is 48.6 Å². The van der Waals surface area contributed by atoms with E-state index in [2.05, 4.69) is 48.4 Å². The van der Waals surface area contributed by atoms with Gasteiger partial charge in [-0.25, -0.2) is 0 Å². The molecule has 1 aliphatic rings. The summed E-state index contributed by atoms with van der Waals surface area (Å²) in [5.74, 6) is 0.902. The molecule has 0 radical (unpaired) electrons. The second kappa shape index (κ2) is 6.61. The monoisotopic (exact) mass is 261 g/mol. The Morgan fingerprint density at radius 2 is 1.83 bits per heavy atom. The second-order valence-corrected chi connectivity index (χ2v) is 6.95. The third-order valence-electron chi connectivity index (χ3n) is 3.12. The molecule has 0 fully saturated rings. The van der Waals surface area contributed by atoms with Gasteiger partial charge in [0.15, 0.2) is 0 Å². The summed E-state index contributed by atoms with van der Waals surface area (Å²) in [6, 6.07) is 8.09. The first-order valence-corrected chi connectivity index (χ1v) is 8.27. The Bertz CT molecular complexity index is 413. The van der Waals surface area contributed by atoms with Gasteiger partial charge >= 0.3 is 0 Å². The van der Waals surface area contributed by atoms with Crippen molar-refractivity contribution >= 4 is 13.6 Å². The molecule has 2 nitrogen and oxygen atoms in total. The van der Waals surface area contributed by atoms with Crippen molar-refractivity contribution < 1.29 is 4.74 Å². The van der Waals surface area contributed by atoms with Gasteiger partial charge in [-0.1, -0.05) is 32.2 Å². The number of benzene rings is 1. The number of anilines is 1. The molecule has 0 aliphatic heterocycles. The Morgan fingerprint density at radius 1 is 1.17 bits per heavy atom. The maximum absolute atomic E-state index is 5.14. The molecule has 1 atom stereocenters. The topological polar surface area (TPSA) is 21.3 Å². The first kappa shape index (κ1) is 13.2. The first-order valence-electron chi connectivity index (χ1n) is 6.23. The van der Waals surface area contributed by atoms with Crippen LogP contribution in [0.4, 0.5) is 5.69 Å². The molecular formula is C15H20NOP. The lowest BCUT2D eigenvalue weighted by atomic mass is 10.3. The van der Waals surface area contributed by atoms with Crippen LogP contribution in [0.15, 0.2) is 48.6 Å². The van der Waals surface area contributed by atoms with Crippen LogP contribution in [-0.2, 0) is 0 Å². The van der Waals surface area contributed by atoms with Crippen LogP contribution >= 0.6 is 7.92 Å². The van der Waals surface area contributed by atoms with E-state index in [-0.39, 0.29) is 7.92 Å². The summed E-state index contributed by atoms with van der Waals surface area (Å²) in [5.41, 5.74) is 1.84. The van der Waals surface area contributed by atoms with E-state index in [1.54, 1.807) is 7.11 Å². The zero-order valence-electron chi connectivity index (χ0n) is 11.0. The Hall–Kier alpha value is -1.27. The lowest BCUT2D eigenvalue weighted by Crippen LogP contribution is -2.08. The number of ether oxygens (including phenoxy) is 1. The summed E-state index contributed by atoms with van der Waals surface area (Å²) in [5, 5.41) is 3.46. The van der Waals surface area contributed by atoms with Crippen molar-refractivity contribution in [2.75, 3.05) is 31.8 Å². The molecule has 0 saturated carbocycles. The van der Waals surface area contributed by atoms with Crippen LogP contribution in [0.25, 0.3) is 0 Å². The lowest BCUT2D eigenvalue weighted by Gasteiger charge is -2.17. The van der Waals surface area contributed by atoms with Gasteiger partial charge in [-0.05, 0) is 37.1 Å². The van der Waals surface area contributed by atoms with Crippen LogP contribution < -0.4 is 10.1 Å². The fourth-order valence-corrected chi connectivity index (χ4v) is 3.50. The number of rotatable bonds is 6. The first-order chi connectivity index (χ1) is 8.79. The molecule has 0 amide bonds. The van der Waals surface area contributed by atoms with E-state index in [1.807, 2.05) is 12.1 Å². The van der Waals surface area contributed by atoms with Gasteiger partial charge < -0.3 is 10.1 Å². The Kier molecular flexibility index (Phi) is 4.83. The molecule has 18 heavy (non-hydrogen) atoms. The van der Waals surface area contributed by atoms with Gasteiger partial charge in [-0.2, -0.15) is 0 Å². The molecule has 1 aromatic rings. The van der Waals surface area contributed by atoms with Crippen LogP contribution in [0.5, 0.6) is 5.75 Å². The quantitative estimate of drug-likeness (QED) is 0.788. The van der Waals surface area contributed by atoms with E-state index in [4.69, 9.17) is 4.74 Å². The minimum Gasteiger partial charge on any atom is -0.497 e. The summed E-state index contributed by atoms with van der Waals surface area (Å²) in [7, 11) is 1.74. The Labute approximate surface area is 110 Å². The molecule has 1 unspecified atom stereocenters. The van der Waals surface area contributed by atoms with Gasteiger partial charge in [0.25, 0.3) is 0 Å². The van der Waals surface area contributed by atoms with Crippen LogP contribution in [0, 0.1) is 0 Å². The summed E-state index contributed by atoms with van der Waals surface area (Å²) >= 11 is 0. The lowest BCUT2D eigenvalue weighted by molar-refractivity contribution is 0.415. The Balaban J connectivity index is 1.74. The van der Waals surface area contributed by atoms with E-state index in [0.717, 1.165) is 18.0 Å². The van der Waals surface area contributed by atoms with Crippen molar-refractivity contribution in [1.29, 1.82) is 0 Å². The highest BCUT2D eigenvalue weighted by atomic mass is 31.1. The Morgan fingerprint density at radius 3 is 2.44 bits per heavy atom. The van der Waals surface area contributed by atoms with Crippen molar-refractivity contribution in [3.63, 3.8) is 0 Å². The summed E-state index contributed by atoms with van der Waals surface area (Å²) < 4.78 is 5.14. The summed E-state index contributed by atoms with van der Waals surface area (Å²) in [4.78, 5) is 0. The van der Waals surface area contributed by atoms with Crippen molar-refractivity contribution in [3.8, 4) is 5.75 Å². The summed E-state index contributed by atoms with van der Waals surface area (Å²) in [6.07, 6.45) is 10.2.